The van der Waals surface area contributed by atoms with Gasteiger partial charge in [-0.2, -0.15) is 0 Å². The molecular weight excluding hydrogens is 451 g/mol. The van der Waals surface area contributed by atoms with Crippen LogP contribution in [0.3, 0.4) is 0 Å². The predicted molar refractivity (Wildman–Crippen MR) is 117 cm³/mol. The van der Waals surface area contributed by atoms with Crippen molar-refractivity contribution in [3.63, 3.8) is 0 Å². The molecule has 1 heterocycles. The Morgan fingerprint density at radius 2 is 1.66 bits per heavy atom. The van der Waals surface area contributed by atoms with Crippen molar-refractivity contribution in [3.05, 3.63) is 42.0 Å². The number of ether oxygens (including phenoxy) is 2. The van der Waals surface area contributed by atoms with E-state index in [1.54, 1.807) is 31.2 Å². The molecule has 1 aromatic carbocycles. The summed E-state index contributed by atoms with van der Waals surface area (Å²) in [5.41, 5.74) is 1.47. The average Bonchev–Trinajstić information content (AvgIpc) is 2.70. The van der Waals surface area contributed by atoms with Crippen LogP contribution in [0.15, 0.2) is 41.3 Å². The number of benzene rings is 1. The summed E-state index contributed by atoms with van der Waals surface area (Å²) in [5, 5.41) is 2.57. The molecular formula is C21H33GeNO5S. The zero-order valence-electron chi connectivity index (χ0n) is 18.3. The van der Waals surface area contributed by atoms with Gasteiger partial charge in [0, 0.05) is 0 Å². The molecule has 0 saturated carbocycles. The van der Waals surface area contributed by atoms with Crippen molar-refractivity contribution in [2.45, 2.75) is 65.9 Å². The van der Waals surface area contributed by atoms with Crippen LogP contribution >= 0.6 is 0 Å². The van der Waals surface area contributed by atoms with Gasteiger partial charge in [0.15, 0.2) is 0 Å². The van der Waals surface area contributed by atoms with Crippen molar-refractivity contribution >= 4 is 29.3 Å². The second-order valence-electron chi connectivity index (χ2n) is 7.48. The van der Waals surface area contributed by atoms with Gasteiger partial charge in [0.05, 0.1) is 0 Å². The molecule has 1 aliphatic heterocycles. The zero-order valence-corrected chi connectivity index (χ0v) is 21.2. The third kappa shape index (κ3) is 3.50. The summed E-state index contributed by atoms with van der Waals surface area (Å²) in [6, 6.07) is 5.60. The Balaban J connectivity index is 2.75. The average molecular weight is 484 g/mol. The van der Waals surface area contributed by atoms with Crippen LogP contribution in [-0.4, -0.2) is 56.3 Å². The molecule has 0 radical (unpaired) electrons. The molecule has 0 bridgehead atoms. The van der Waals surface area contributed by atoms with Gasteiger partial charge in [-0.1, -0.05) is 0 Å². The monoisotopic (exact) mass is 485 g/mol. The molecule has 0 spiro atoms. The van der Waals surface area contributed by atoms with Gasteiger partial charge in [0.25, 0.3) is 0 Å². The number of carbonyl (C=O) groups excluding carboxylic acids is 1. The second kappa shape index (κ2) is 8.92. The number of aryl methyl sites for hydroxylation is 1. The van der Waals surface area contributed by atoms with E-state index in [2.05, 4.69) is 27.4 Å². The summed E-state index contributed by atoms with van der Waals surface area (Å²) in [4.78, 5) is 12.9. The van der Waals surface area contributed by atoms with Crippen molar-refractivity contribution in [2.75, 3.05) is 13.7 Å². The van der Waals surface area contributed by atoms with E-state index in [9.17, 15) is 13.2 Å². The van der Waals surface area contributed by atoms with E-state index in [0.29, 0.717) is 5.57 Å². The van der Waals surface area contributed by atoms with E-state index in [0.717, 1.165) is 21.3 Å². The number of sulfonamides is 1. The summed E-state index contributed by atoms with van der Waals surface area (Å²) in [5.74, 6) is -0.597. The van der Waals surface area contributed by atoms with E-state index in [1.807, 2.05) is 6.92 Å². The first-order chi connectivity index (χ1) is 13.6. The molecule has 1 aliphatic rings. The van der Waals surface area contributed by atoms with Gasteiger partial charge >= 0.3 is 178 Å². The third-order valence-corrected chi connectivity index (χ3v) is 21.8. The first kappa shape index (κ1) is 24.1. The van der Waals surface area contributed by atoms with Gasteiger partial charge in [0.2, 0.25) is 0 Å². The molecule has 0 aromatic heterocycles. The molecule has 0 amide bonds. The maximum atomic E-state index is 13.8. The van der Waals surface area contributed by atoms with E-state index >= 15 is 0 Å². The minimum atomic E-state index is -4.00. The quantitative estimate of drug-likeness (QED) is 0.303. The van der Waals surface area contributed by atoms with Crippen molar-refractivity contribution in [1.29, 1.82) is 0 Å². The Bertz CT molecular complexity index is 855. The number of nitrogens with zero attached hydrogens (tertiary/aromatic N) is 1. The molecule has 1 aromatic rings. The molecule has 0 aliphatic carbocycles. The van der Waals surface area contributed by atoms with Crippen LogP contribution in [0.4, 0.5) is 0 Å². The van der Waals surface area contributed by atoms with Crippen LogP contribution in [0.2, 0.25) is 15.8 Å². The molecule has 1 saturated heterocycles. The summed E-state index contributed by atoms with van der Waals surface area (Å²) >= 11 is -3.00. The maximum absolute atomic E-state index is 13.8. The topological polar surface area (TPSA) is 72.9 Å². The van der Waals surface area contributed by atoms with Crippen LogP contribution in [-0.2, 0) is 24.3 Å². The molecule has 162 valence electrons. The Morgan fingerprint density at radius 1 is 1.14 bits per heavy atom. The first-order valence-electron chi connectivity index (χ1n) is 10.2. The predicted octanol–water partition coefficient (Wildman–Crippen LogP) is 3.88. The van der Waals surface area contributed by atoms with Gasteiger partial charge in [-0.3, -0.25) is 0 Å². The number of rotatable bonds is 9. The van der Waals surface area contributed by atoms with Crippen LogP contribution < -0.4 is 0 Å². The Hall–Kier alpha value is -1.16. The molecule has 8 heteroatoms. The molecule has 6 nitrogen and oxygen atoms in total. The molecule has 2 unspecified atom stereocenters. The van der Waals surface area contributed by atoms with Crippen molar-refractivity contribution in [2.24, 2.45) is 0 Å². The molecule has 1 fully saturated rings. The Labute approximate surface area is 177 Å². The Morgan fingerprint density at radius 3 is 2.07 bits per heavy atom. The second-order valence-corrected chi connectivity index (χ2v) is 20.5. The van der Waals surface area contributed by atoms with E-state index in [1.165, 1.54) is 11.4 Å². The van der Waals surface area contributed by atoms with Crippen molar-refractivity contribution in [3.8, 4) is 0 Å². The van der Waals surface area contributed by atoms with E-state index < -0.39 is 39.9 Å². The summed E-state index contributed by atoms with van der Waals surface area (Å²) in [6.45, 7) is 14.2. The van der Waals surface area contributed by atoms with Crippen LogP contribution in [0.25, 0.3) is 0 Å². The number of methoxy groups -OCH3 is 1. The van der Waals surface area contributed by atoms with Crippen LogP contribution in [0.5, 0.6) is 0 Å². The van der Waals surface area contributed by atoms with E-state index in [4.69, 9.17) is 9.47 Å². The zero-order chi connectivity index (χ0) is 22.0. The van der Waals surface area contributed by atoms with Gasteiger partial charge in [-0.25, -0.2) is 0 Å². The van der Waals surface area contributed by atoms with Gasteiger partial charge in [-0.05, 0) is 0 Å². The van der Waals surface area contributed by atoms with Gasteiger partial charge < -0.3 is 0 Å². The summed E-state index contributed by atoms with van der Waals surface area (Å²) < 4.78 is 39.0. The summed E-state index contributed by atoms with van der Waals surface area (Å²) in [6.07, 6.45) is 0. The minimum absolute atomic E-state index is 0.144. The Kier molecular flexibility index (Phi) is 7.41. The fourth-order valence-corrected chi connectivity index (χ4v) is 18.2. The number of hydrogen-bond acceptors (Lipinski definition) is 5. The molecule has 29 heavy (non-hydrogen) atoms. The first-order valence-corrected chi connectivity index (χ1v) is 17.1. The van der Waals surface area contributed by atoms with Crippen molar-refractivity contribution in [1.82, 2.24) is 4.31 Å². The fraction of sp³-hybridized carbons (Fsp3) is 0.571. The normalized spacial score (nSPS) is 23.0. The molecule has 2 rings (SSSR count). The fourth-order valence-electron chi connectivity index (χ4n) is 4.66. The third-order valence-electron chi connectivity index (χ3n) is 6.44. The SMILES string of the molecule is C=C1C(C(=O)OCC)N(S(=O)(=O)c2ccc(C)cc2)[C]1(OC)[Ge]([CH2]C)([CH2]C)[CH2]C. The van der Waals surface area contributed by atoms with E-state index in [-0.39, 0.29) is 11.5 Å². The number of carbonyl (C=O) groups is 1. The van der Waals surface area contributed by atoms with Gasteiger partial charge in [-0.15, -0.1) is 0 Å². The molecule has 2 atom stereocenters. The standard InChI is InChI=1S/C21H33GeNO5S/c1-8-22(9-2,10-3)21(27-7)17(6)19(20(24)28-11-4)23(21)29(25,26)18-14-12-16(5)13-15-18/h12-15,19H,6,8-11H2,1-5,7H3. The van der Waals surface area contributed by atoms with Crippen LogP contribution in [0, 0.1) is 6.92 Å². The van der Waals surface area contributed by atoms with Crippen LogP contribution in [0.1, 0.15) is 33.3 Å². The summed E-state index contributed by atoms with van der Waals surface area (Å²) in [7, 11) is -2.47. The van der Waals surface area contributed by atoms with Gasteiger partial charge in [0.1, 0.15) is 0 Å². The van der Waals surface area contributed by atoms with Crippen molar-refractivity contribution < 1.29 is 22.7 Å². The molecule has 0 N–H and O–H groups in total. The number of esters is 1. The number of hydrogen-bond donors (Lipinski definition) is 0.